The molecule has 0 saturated carbocycles. The van der Waals surface area contributed by atoms with Gasteiger partial charge in [-0.25, -0.2) is 0 Å². The highest BCUT2D eigenvalue weighted by atomic mass is 16.3. The molecule has 1 aliphatic rings. The lowest BCUT2D eigenvalue weighted by Crippen LogP contribution is -2.30. The van der Waals surface area contributed by atoms with Crippen LogP contribution in [0.3, 0.4) is 0 Å². The van der Waals surface area contributed by atoms with Crippen LogP contribution in [0.1, 0.15) is 40.6 Å². The standard InChI is InChI=1S/C16H18N2O2/c17-10-14-9-13(11-20-14)16(19)18-8-4-7-15(18)12-5-2-1-3-6-12/h1-3,5-6,9,11,15H,4,7-8,10,17H2. The Hall–Kier alpha value is -2.07. The number of likely N-dealkylation sites (tertiary alicyclic amines) is 1. The number of nitrogens with two attached hydrogens (primary N) is 1. The van der Waals surface area contributed by atoms with Gasteiger partial charge in [-0.1, -0.05) is 30.3 Å². The molecular weight excluding hydrogens is 252 g/mol. The summed E-state index contributed by atoms with van der Waals surface area (Å²) in [4.78, 5) is 14.5. The van der Waals surface area contributed by atoms with E-state index in [1.165, 1.54) is 11.8 Å². The summed E-state index contributed by atoms with van der Waals surface area (Å²) in [5.74, 6) is 0.670. The van der Waals surface area contributed by atoms with E-state index in [1.54, 1.807) is 6.07 Å². The molecule has 20 heavy (non-hydrogen) atoms. The number of hydrogen-bond donors (Lipinski definition) is 1. The molecule has 1 aliphatic heterocycles. The Kier molecular flexibility index (Phi) is 3.56. The number of benzene rings is 1. The number of rotatable bonds is 3. The van der Waals surface area contributed by atoms with Crippen LogP contribution in [0.5, 0.6) is 0 Å². The van der Waals surface area contributed by atoms with Gasteiger partial charge in [0, 0.05) is 6.54 Å². The number of carbonyl (C=O) groups excluding carboxylic acids is 1. The van der Waals surface area contributed by atoms with Crippen molar-refractivity contribution in [3.8, 4) is 0 Å². The van der Waals surface area contributed by atoms with Crippen LogP contribution in [-0.2, 0) is 6.54 Å². The Balaban J connectivity index is 1.83. The minimum absolute atomic E-state index is 0.0276. The van der Waals surface area contributed by atoms with Gasteiger partial charge in [-0.3, -0.25) is 4.79 Å². The molecule has 1 atom stereocenters. The van der Waals surface area contributed by atoms with Crippen LogP contribution in [0, 0.1) is 0 Å². The van der Waals surface area contributed by atoms with E-state index >= 15 is 0 Å². The molecule has 0 bridgehead atoms. The van der Waals surface area contributed by atoms with Crippen LogP contribution in [0.2, 0.25) is 0 Å². The monoisotopic (exact) mass is 270 g/mol. The fourth-order valence-electron chi connectivity index (χ4n) is 2.80. The second-order valence-electron chi connectivity index (χ2n) is 5.07. The van der Waals surface area contributed by atoms with E-state index < -0.39 is 0 Å². The molecule has 0 aliphatic carbocycles. The highest BCUT2D eigenvalue weighted by Gasteiger charge is 2.31. The van der Waals surface area contributed by atoms with E-state index in [4.69, 9.17) is 10.2 Å². The summed E-state index contributed by atoms with van der Waals surface area (Å²) in [7, 11) is 0. The molecule has 4 nitrogen and oxygen atoms in total. The molecule has 1 fully saturated rings. The molecule has 1 unspecified atom stereocenters. The van der Waals surface area contributed by atoms with Crippen molar-refractivity contribution in [2.24, 2.45) is 5.73 Å². The fourth-order valence-corrected chi connectivity index (χ4v) is 2.80. The molecular formula is C16H18N2O2. The van der Waals surface area contributed by atoms with Crippen molar-refractivity contribution < 1.29 is 9.21 Å². The predicted octanol–water partition coefficient (Wildman–Crippen LogP) is 2.72. The van der Waals surface area contributed by atoms with Gasteiger partial charge in [0.25, 0.3) is 5.91 Å². The highest BCUT2D eigenvalue weighted by Crippen LogP contribution is 2.33. The minimum Gasteiger partial charge on any atom is -0.467 e. The van der Waals surface area contributed by atoms with Gasteiger partial charge in [0.1, 0.15) is 12.0 Å². The maximum atomic E-state index is 12.6. The zero-order valence-electron chi connectivity index (χ0n) is 11.3. The highest BCUT2D eigenvalue weighted by molar-refractivity contribution is 5.94. The van der Waals surface area contributed by atoms with Crippen molar-refractivity contribution >= 4 is 5.91 Å². The van der Waals surface area contributed by atoms with Crippen molar-refractivity contribution in [3.05, 3.63) is 59.5 Å². The average Bonchev–Trinajstić information content (AvgIpc) is 3.16. The molecule has 1 amide bonds. The van der Waals surface area contributed by atoms with Gasteiger partial charge in [-0.15, -0.1) is 0 Å². The first kappa shape index (κ1) is 12.9. The summed E-state index contributed by atoms with van der Waals surface area (Å²) < 4.78 is 5.26. The quantitative estimate of drug-likeness (QED) is 0.932. The van der Waals surface area contributed by atoms with E-state index in [1.807, 2.05) is 23.1 Å². The normalized spacial score (nSPS) is 18.4. The van der Waals surface area contributed by atoms with Crippen molar-refractivity contribution in [2.45, 2.75) is 25.4 Å². The molecule has 4 heteroatoms. The summed E-state index contributed by atoms with van der Waals surface area (Å²) in [6.45, 7) is 1.11. The zero-order valence-corrected chi connectivity index (χ0v) is 11.3. The Morgan fingerprint density at radius 2 is 2.15 bits per heavy atom. The van der Waals surface area contributed by atoms with E-state index in [9.17, 15) is 4.79 Å². The lowest BCUT2D eigenvalue weighted by atomic mass is 10.0. The van der Waals surface area contributed by atoms with Crippen molar-refractivity contribution in [3.63, 3.8) is 0 Å². The van der Waals surface area contributed by atoms with Crippen LogP contribution in [0.25, 0.3) is 0 Å². The lowest BCUT2D eigenvalue weighted by Gasteiger charge is -2.24. The first-order valence-electron chi connectivity index (χ1n) is 6.93. The van der Waals surface area contributed by atoms with Crippen LogP contribution in [0.15, 0.2) is 47.1 Å². The Bertz CT molecular complexity index is 592. The Morgan fingerprint density at radius 3 is 2.85 bits per heavy atom. The van der Waals surface area contributed by atoms with Gasteiger partial charge in [-0.05, 0) is 24.5 Å². The first-order valence-corrected chi connectivity index (χ1v) is 6.93. The SMILES string of the molecule is NCc1cc(C(=O)N2CCCC2c2ccccc2)co1. The minimum atomic E-state index is 0.0276. The van der Waals surface area contributed by atoms with Crippen LogP contribution < -0.4 is 5.73 Å². The Morgan fingerprint density at radius 1 is 1.35 bits per heavy atom. The smallest absolute Gasteiger partial charge is 0.257 e. The topological polar surface area (TPSA) is 59.5 Å². The third kappa shape index (κ3) is 2.34. The van der Waals surface area contributed by atoms with Gasteiger partial charge < -0.3 is 15.1 Å². The second-order valence-corrected chi connectivity index (χ2v) is 5.07. The molecule has 1 saturated heterocycles. The van der Waals surface area contributed by atoms with Crippen molar-refractivity contribution in [1.82, 2.24) is 4.90 Å². The molecule has 0 spiro atoms. The third-order valence-electron chi connectivity index (χ3n) is 3.80. The number of furan rings is 1. The van der Waals surface area contributed by atoms with E-state index in [0.29, 0.717) is 17.9 Å². The summed E-state index contributed by atoms with van der Waals surface area (Å²) in [6.07, 6.45) is 3.55. The van der Waals surface area contributed by atoms with Gasteiger partial charge in [-0.2, -0.15) is 0 Å². The lowest BCUT2D eigenvalue weighted by molar-refractivity contribution is 0.0735. The van der Waals surface area contributed by atoms with Crippen LogP contribution in [-0.4, -0.2) is 17.4 Å². The molecule has 2 aromatic rings. The molecule has 1 aromatic carbocycles. The van der Waals surface area contributed by atoms with E-state index in [2.05, 4.69) is 12.1 Å². The number of hydrogen-bond acceptors (Lipinski definition) is 3. The molecule has 1 aromatic heterocycles. The fraction of sp³-hybridized carbons (Fsp3) is 0.312. The number of carbonyl (C=O) groups is 1. The summed E-state index contributed by atoms with van der Waals surface area (Å²) in [5.41, 5.74) is 7.30. The molecule has 104 valence electrons. The molecule has 2 heterocycles. The maximum Gasteiger partial charge on any atom is 0.257 e. The van der Waals surface area contributed by atoms with Crippen molar-refractivity contribution in [1.29, 1.82) is 0 Å². The zero-order chi connectivity index (χ0) is 13.9. The third-order valence-corrected chi connectivity index (χ3v) is 3.80. The largest absolute Gasteiger partial charge is 0.467 e. The summed E-state index contributed by atoms with van der Waals surface area (Å²) >= 11 is 0. The van der Waals surface area contributed by atoms with Crippen LogP contribution >= 0.6 is 0 Å². The van der Waals surface area contributed by atoms with E-state index in [0.717, 1.165) is 19.4 Å². The van der Waals surface area contributed by atoms with Crippen LogP contribution in [0.4, 0.5) is 0 Å². The first-order chi connectivity index (χ1) is 9.79. The summed E-state index contributed by atoms with van der Waals surface area (Å²) in [6, 6.07) is 12.1. The van der Waals surface area contributed by atoms with Gasteiger partial charge in [0.15, 0.2) is 0 Å². The summed E-state index contributed by atoms with van der Waals surface area (Å²) in [5, 5.41) is 0. The second kappa shape index (κ2) is 5.51. The number of amides is 1. The number of nitrogens with zero attached hydrogens (tertiary/aromatic N) is 1. The van der Waals surface area contributed by atoms with Gasteiger partial charge >= 0.3 is 0 Å². The van der Waals surface area contributed by atoms with Crippen molar-refractivity contribution in [2.75, 3.05) is 6.54 Å². The maximum absolute atomic E-state index is 12.6. The molecule has 3 rings (SSSR count). The van der Waals surface area contributed by atoms with E-state index in [-0.39, 0.29) is 11.9 Å². The Labute approximate surface area is 118 Å². The molecule has 0 radical (unpaired) electrons. The molecule has 2 N–H and O–H groups in total. The van der Waals surface area contributed by atoms with Gasteiger partial charge in [0.2, 0.25) is 0 Å². The van der Waals surface area contributed by atoms with Gasteiger partial charge in [0.05, 0.1) is 18.2 Å². The average molecular weight is 270 g/mol. The predicted molar refractivity (Wildman–Crippen MR) is 76.1 cm³/mol.